The molecule has 6 nitrogen and oxygen atoms in total. The molecule has 1 aliphatic heterocycles. The third-order valence-electron chi connectivity index (χ3n) is 6.58. The van der Waals surface area contributed by atoms with Crippen molar-refractivity contribution in [3.63, 3.8) is 0 Å². The number of aromatic nitrogens is 3. The lowest BCUT2D eigenvalue weighted by Crippen LogP contribution is -2.36. The minimum Gasteiger partial charge on any atom is -0.367 e. The summed E-state index contributed by atoms with van der Waals surface area (Å²) in [5.41, 5.74) is 3.85. The summed E-state index contributed by atoms with van der Waals surface area (Å²) >= 11 is 6.68. The number of hydrogen-bond donors (Lipinski definition) is 1. The number of likely N-dealkylation sites (tertiary alicyclic amines) is 1. The molecule has 0 atom stereocenters. The second-order valence-corrected chi connectivity index (χ2v) is 9.28. The van der Waals surface area contributed by atoms with Crippen molar-refractivity contribution in [1.29, 1.82) is 0 Å². The van der Waals surface area contributed by atoms with E-state index in [2.05, 4.69) is 22.2 Å². The molecule has 0 spiro atoms. The highest BCUT2D eigenvalue weighted by Gasteiger charge is 2.18. The van der Waals surface area contributed by atoms with Crippen LogP contribution in [0.2, 0.25) is 5.02 Å². The summed E-state index contributed by atoms with van der Waals surface area (Å²) in [4.78, 5) is 24.8. The topological polar surface area (TPSA) is 63.1 Å². The van der Waals surface area contributed by atoms with Crippen LogP contribution in [0, 0.1) is 0 Å². The molecule has 4 aromatic rings. The third-order valence-corrected chi connectivity index (χ3v) is 6.89. The van der Waals surface area contributed by atoms with Gasteiger partial charge in [0.15, 0.2) is 0 Å². The maximum atomic E-state index is 13.5. The normalized spacial score (nSPS) is 15.0. The van der Waals surface area contributed by atoms with Crippen molar-refractivity contribution >= 4 is 28.5 Å². The number of halogens is 1. The zero-order valence-electron chi connectivity index (χ0n) is 19.5. The van der Waals surface area contributed by atoms with Crippen molar-refractivity contribution in [2.24, 2.45) is 0 Å². The van der Waals surface area contributed by atoms with Crippen molar-refractivity contribution in [1.82, 2.24) is 19.4 Å². The van der Waals surface area contributed by atoms with Crippen LogP contribution in [0.5, 0.6) is 0 Å². The highest BCUT2D eigenvalue weighted by molar-refractivity contribution is 6.33. The average Bonchev–Trinajstić information content (AvgIpc) is 2.86. The van der Waals surface area contributed by atoms with Gasteiger partial charge in [-0.2, -0.15) is 0 Å². The molecule has 34 heavy (non-hydrogen) atoms. The summed E-state index contributed by atoms with van der Waals surface area (Å²) in [6.07, 6.45) is 5.71. The van der Waals surface area contributed by atoms with Crippen molar-refractivity contribution < 1.29 is 0 Å². The molecule has 1 N–H and O–H groups in total. The van der Waals surface area contributed by atoms with Gasteiger partial charge in [0.1, 0.15) is 11.5 Å². The van der Waals surface area contributed by atoms with Crippen molar-refractivity contribution in [3.8, 4) is 22.3 Å². The first kappa shape index (κ1) is 22.6. The van der Waals surface area contributed by atoms with E-state index in [1.165, 1.54) is 0 Å². The molecule has 0 saturated carbocycles. The number of benzene rings is 1. The van der Waals surface area contributed by atoms with Crippen LogP contribution in [0.3, 0.4) is 0 Å². The van der Waals surface area contributed by atoms with Crippen LogP contribution in [-0.4, -0.2) is 45.6 Å². The van der Waals surface area contributed by atoms with E-state index in [1.807, 2.05) is 55.5 Å². The lowest BCUT2D eigenvalue weighted by molar-refractivity contribution is 0.263. The van der Waals surface area contributed by atoms with Crippen molar-refractivity contribution in [3.05, 3.63) is 76.3 Å². The Kier molecular flexibility index (Phi) is 6.35. The van der Waals surface area contributed by atoms with Gasteiger partial charge < -0.3 is 10.2 Å². The number of aryl methyl sites for hydroxylation is 1. The molecule has 1 saturated heterocycles. The molecule has 4 heterocycles. The molecule has 0 bridgehead atoms. The summed E-state index contributed by atoms with van der Waals surface area (Å²) in [6.45, 7) is 4.65. The minimum atomic E-state index is -0.0880. The van der Waals surface area contributed by atoms with Gasteiger partial charge in [-0.1, -0.05) is 29.8 Å². The first-order chi connectivity index (χ1) is 16.5. The van der Waals surface area contributed by atoms with E-state index in [4.69, 9.17) is 16.6 Å². The van der Waals surface area contributed by atoms with E-state index in [0.717, 1.165) is 53.8 Å². The molecule has 1 aliphatic rings. The average molecular weight is 474 g/mol. The number of fused-ring (bicyclic) bond motifs is 1. The molecule has 7 heteroatoms. The van der Waals surface area contributed by atoms with Crippen molar-refractivity contribution in [2.75, 3.05) is 25.5 Å². The van der Waals surface area contributed by atoms with Gasteiger partial charge in [-0.25, -0.2) is 4.98 Å². The van der Waals surface area contributed by atoms with Gasteiger partial charge in [0.2, 0.25) is 0 Å². The van der Waals surface area contributed by atoms with Crippen LogP contribution in [-0.2, 0) is 6.54 Å². The maximum Gasteiger partial charge on any atom is 0.260 e. The maximum absolute atomic E-state index is 13.5. The number of hydrogen-bond acceptors (Lipinski definition) is 5. The number of anilines is 1. The van der Waals surface area contributed by atoms with Gasteiger partial charge in [-0.15, -0.1) is 0 Å². The summed E-state index contributed by atoms with van der Waals surface area (Å²) < 4.78 is 1.73. The van der Waals surface area contributed by atoms with Gasteiger partial charge in [-0.05, 0) is 75.8 Å². The Bertz CT molecular complexity index is 1380. The highest BCUT2D eigenvalue weighted by atomic mass is 35.5. The molecular weight excluding hydrogens is 446 g/mol. The number of piperidine rings is 1. The largest absolute Gasteiger partial charge is 0.367 e. The Balaban J connectivity index is 1.52. The molecule has 0 amide bonds. The van der Waals surface area contributed by atoms with Crippen LogP contribution < -0.4 is 10.9 Å². The first-order valence-corrected chi connectivity index (χ1v) is 12.1. The molecular formula is C27H28ClN5O. The van der Waals surface area contributed by atoms with Crippen molar-refractivity contribution in [2.45, 2.75) is 32.4 Å². The monoisotopic (exact) mass is 473 g/mol. The van der Waals surface area contributed by atoms with E-state index in [0.29, 0.717) is 28.8 Å². The predicted octanol–water partition coefficient (Wildman–Crippen LogP) is 5.30. The second-order valence-electron chi connectivity index (χ2n) is 8.87. The molecule has 1 aromatic carbocycles. The smallest absolute Gasteiger partial charge is 0.260 e. The molecule has 174 valence electrons. The molecule has 0 radical (unpaired) electrons. The Hall–Kier alpha value is -3.22. The fourth-order valence-electron chi connectivity index (χ4n) is 4.62. The van der Waals surface area contributed by atoms with E-state index < -0.39 is 0 Å². The molecule has 0 aliphatic carbocycles. The van der Waals surface area contributed by atoms with Crippen LogP contribution in [0.1, 0.15) is 19.8 Å². The Labute approximate surface area is 204 Å². The fraction of sp³-hybridized carbons (Fsp3) is 0.296. The van der Waals surface area contributed by atoms with Crippen LogP contribution in [0.15, 0.2) is 65.7 Å². The van der Waals surface area contributed by atoms with Crippen LogP contribution >= 0.6 is 11.6 Å². The summed E-state index contributed by atoms with van der Waals surface area (Å²) in [5.74, 6) is 0.815. The SMILES string of the molecule is CCn1c(=O)c(-c2ccc(-c3cccnc3)cc2Cl)cc2ccc(NC3CCN(C)CC3)nc21. The van der Waals surface area contributed by atoms with Gasteiger partial charge >= 0.3 is 0 Å². The molecule has 5 rings (SSSR count). The molecule has 0 unspecified atom stereocenters. The lowest BCUT2D eigenvalue weighted by Gasteiger charge is -2.29. The second kappa shape index (κ2) is 9.57. The first-order valence-electron chi connectivity index (χ1n) is 11.7. The number of rotatable bonds is 5. The fourth-order valence-corrected chi connectivity index (χ4v) is 4.90. The Morgan fingerprint density at radius 3 is 2.59 bits per heavy atom. The molecule has 3 aromatic heterocycles. The number of pyridine rings is 3. The summed E-state index contributed by atoms with van der Waals surface area (Å²) in [7, 11) is 2.15. The standard InChI is InChI=1S/C27H28ClN5O/c1-3-33-26-19(7-9-25(31-26)30-21-10-13-32(2)14-11-21)15-23(27(33)34)22-8-6-18(16-24(22)28)20-5-4-12-29-17-20/h4-9,12,15-17,21H,3,10-11,13-14H2,1-2H3,(H,30,31). The summed E-state index contributed by atoms with van der Waals surface area (Å²) in [5, 5.41) is 5.01. The Morgan fingerprint density at radius 1 is 1.06 bits per heavy atom. The minimum absolute atomic E-state index is 0.0880. The van der Waals surface area contributed by atoms with E-state index >= 15 is 0 Å². The van der Waals surface area contributed by atoms with E-state index in [-0.39, 0.29) is 5.56 Å². The zero-order valence-corrected chi connectivity index (χ0v) is 20.2. The zero-order chi connectivity index (χ0) is 23.7. The predicted molar refractivity (Wildman–Crippen MR) is 139 cm³/mol. The van der Waals surface area contributed by atoms with Crippen LogP contribution in [0.4, 0.5) is 5.82 Å². The lowest BCUT2D eigenvalue weighted by atomic mass is 10.0. The van der Waals surface area contributed by atoms with Gasteiger partial charge in [0.25, 0.3) is 5.56 Å². The molecule has 1 fully saturated rings. The third kappa shape index (κ3) is 4.43. The van der Waals surface area contributed by atoms with Gasteiger partial charge in [-0.3, -0.25) is 14.3 Å². The van der Waals surface area contributed by atoms with Crippen LogP contribution in [0.25, 0.3) is 33.3 Å². The highest BCUT2D eigenvalue weighted by Crippen LogP contribution is 2.32. The number of nitrogens with zero attached hydrogens (tertiary/aromatic N) is 4. The van der Waals surface area contributed by atoms with E-state index in [9.17, 15) is 4.79 Å². The van der Waals surface area contributed by atoms with Gasteiger partial charge in [0.05, 0.1) is 0 Å². The van der Waals surface area contributed by atoms with E-state index in [1.54, 1.807) is 17.0 Å². The number of nitrogens with one attached hydrogen (secondary N) is 1. The van der Waals surface area contributed by atoms with Gasteiger partial charge in [0, 0.05) is 52.1 Å². The Morgan fingerprint density at radius 2 is 1.88 bits per heavy atom. The summed E-state index contributed by atoms with van der Waals surface area (Å²) in [6, 6.07) is 16.0. The quantitative estimate of drug-likeness (QED) is 0.426.